The number of benzene rings is 2. The van der Waals surface area contributed by atoms with Crippen LogP contribution >= 0.6 is 0 Å². The van der Waals surface area contributed by atoms with E-state index in [2.05, 4.69) is 5.32 Å². The molecule has 0 heterocycles. The minimum absolute atomic E-state index is 0.141. The summed E-state index contributed by atoms with van der Waals surface area (Å²) in [7, 11) is -3.78. The molecule has 1 aliphatic rings. The van der Waals surface area contributed by atoms with E-state index in [1.165, 1.54) is 12.1 Å². The topological polar surface area (TPSA) is 81.7 Å². The highest BCUT2D eigenvalue weighted by atomic mass is 32.2. The summed E-state index contributed by atoms with van der Waals surface area (Å²) in [5, 5.41) is 2.71. The maximum atomic E-state index is 12.2. The van der Waals surface area contributed by atoms with Gasteiger partial charge in [-0.1, -0.05) is 48.0 Å². The molecule has 1 amide bonds. The van der Waals surface area contributed by atoms with Gasteiger partial charge in [-0.2, -0.15) is 8.42 Å². The number of alkyl carbamates (subject to hydrolysis) is 1. The number of ether oxygens (including phenoxy) is 1. The lowest BCUT2D eigenvalue weighted by Crippen LogP contribution is -2.48. The summed E-state index contributed by atoms with van der Waals surface area (Å²) < 4.78 is 34.8. The first-order chi connectivity index (χ1) is 12.4. The molecule has 2 aromatic carbocycles. The zero-order valence-electron chi connectivity index (χ0n) is 14.4. The molecule has 3 rings (SSSR count). The van der Waals surface area contributed by atoms with Gasteiger partial charge in [-0.3, -0.25) is 4.18 Å². The van der Waals surface area contributed by atoms with Gasteiger partial charge in [0.1, 0.15) is 6.61 Å². The molecule has 6 nitrogen and oxygen atoms in total. The lowest BCUT2D eigenvalue weighted by molar-refractivity contribution is 0.0796. The van der Waals surface area contributed by atoms with Crippen LogP contribution in [-0.4, -0.2) is 26.7 Å². The van der Waals surface area contributed by atoms with Crippen LogP contribution in [0.5, 0.6) is 0 Å². The van der Waals surface area contributed by atoms with E-state index in [0.29, 0.717) is 12.8 Å². The van der Waals surface area contributed by atoms with Crippen molar-refractivity contribution in [2.75, 3.05) is 0 Å². The van der Waals surface area contributed by atoms with Crippen LogP contribution in [0.15, 0.2) is 59.5 Å². The fourth-order valence-electron chi connectivity index (χ4n) is 2.63. The highest BCUT2D eigenvalue weighted by Gasteiger charge is 2.35. The summed E-state index contributed by atoms with van der Waals surface area (Å²) >= 11 is 0. The monoisotopic (exact) mass is 375 g/mol. The molecule has 1 N–H and O–H groups in total. The number of aryl methyl sites for hydroxylation is 1. The van der Waals surface area contributed by atoms with Gasteiger partial charge >= 0.3 is 6.09 Å². The minimum Gasteiger partial charge on any atom is -0.445 e. The van der Waals surface area contributed by atoms with Crippen LogP contribution in [0.1, 0.15) is 24.0 Å². The number of hydrogen-bond donors (Lipinski definition) is 1. The predicted molar refractivity (Wildman–Crippen MR) is 96.0 cm³/mol. The largest absolute Gasteiger partial charge is 0.445 e. The maximum Gasteiger partial charge on any atom is 0.407 e. The normalized spacial score (nSPS) is 19.4. The van der Waals surface area contributed by atoms with E-state index in [1.807, 2.05) is 37.3 Å². The van der Waals surface area contributed by atoms with Gasteiger partial charge in [-0.25, -0.2) is 4.79 Å². The quantitative estimate of drug-likeness (QED) is 0.785. The van der Waals surface area contributed by atoms with Crippen molar-refractivity contribution in [1.29, 1.82) is 0 Å². The molecule has 0 bridgehead atoms. The van der Waals surface area contributed by atoms with Gasteiger partial charge < -0.3 is 10.1 Å². The van der Waals surface area contributed by atoms with Crippen molar-refractivity contribution in [3.63, 3.8) is 0 Å². The van der Waals surface area contributed by atoms with Crippen LogP contribution in [0.2, 0.25) is 0 Å². The minimum atomic E-state index is -3.78. The third-order valence-electron chi connectivity index (χ3n) is 4.20. The summed E-state index contributed by atoms with van der Waals surface area (Å²) in [6.07, 6.45) is -0.0729. The van der Waals surface area contributed by atoms with Crippen molar-refractivity contribution in [3.05, 3.63) is 65.7 Å². The Hall–Kier alpha value is -2.38. The molecule has 1 aliphatic carbocycles. The second-order valence-corrected chi connectivity index (χ2v) is 7.93. The summed E-state index contributed by atoms with van der Waals surface area (Å²) in [6.45, 7) is 2.08. The van der Waals surface area contributed by atoms with Gasteiger partial charge in [0.15, 0.2) is 0 Å². The smallest absolute Gasteiger partial charge is 0.407 e. The highest BCUT2D eigenvalue weighted by molar-refractivity contribution is 7.86. The van der Waals surface area contributed by atoms with Gasteiger partial charge in [0.25, 0.3) is 10.1 Å². The number of hydrogen-bond acceptors (Lipinski definition) is 5. The Kier molecular flexibility index (Phi) is 5.58. The maximum absolute atomic E-state index is 12.2. The predicted octanol–water partition coefficient (Wildman–Crippen LogP) is 3.16. The van der Waals surface area contributed by atoms with Gasteiger partial charge in [-0.15, -0.1) is 0 Å². The molecular formula is C19H21NO5S. The average Bonchev–Trinajstić information content (AvgIpc) is 2.59. The second kappa shape index (κ2) is 7.88. The molecule has 2 aromatic rings. The summed E-state index contributed by atoms with van der Waals surface area (Å²) in [4.78, 5) is 11.9. The Morgan fingerprint density at radius 3 is 2.38 bits per heavy atom. The van der Waals surface area contributed by atoms with Gasteiger partial charge in [0.2, 0.25) is 0 Å². The molecule has 0 unspecified atom stereocenters. The van der Waals surface area contributed by atoms with E-state index in [9.17, 15) is 13.2 Å². The van der Waals surface area contributed by atoms with Crippen molar-refractivity contribution < 1.29 is 22.1 Å². The van der Waals surface area contributed by atoms with E-state index in [1.54, 1.807) is 12.1 Å². The number of carbonyl (C=O) groups is 1. The van der Waals surface area contributed by atoms with Gasteiger partial charge in [0.05, 0.1) is 11.0 Å². The first kappa shape index (κ1) is 18.4. The molecule has 138 valence electrons. The Bertz CT molecular complexity index is 843. The summed E-state index contributed by atoms with van der Waals surface area (Å²) in [5.74, 6) is 0. The molecule has 26 heavy (non-hydrogen) atoms. The van der Waals surface area contributed by atoms with Crippen molar-refractivity contribution in [2.45, 2.75) is 43.4 Å². The Morgan fingerprint density at radius 1 is 1.08 bits per heavy atom. The van der Waals surface area contributed by atoms with Crippen molar-refractivity contribution in [1.82, 2.24) is 5.32 Å². The molecule has 1 saturated carbocycles. The van der Waals surface area contributed by atoms with E-state index in [4.69, 9.17) is 8.92 Å². The SMILES string of the molecule is Cc1ccc(S(=O)(=O)OC2CC(NC(=O)OCc3ccccc3)C2)cc1. The van der Waals surface area contributed by atoms with Gasteiger partial charge in [-0.05, 0) is 37.5 Å². The third-order valence-corrected chi connectivity index (χ3v) is 5.58. The van der Waals surface area contributed by atoms with Crippen LogP contribution in [0.25, 0.3) is 0 Å². The Balaban J connectivity index is 1.41. The van der Waals surface area contributed by atoms with E-state index < -0.39 is 22.3 Å². The van der Waals surface area contributed by atoms with Crippen LogP contribution < -0.4 is 5.32 Å². The van der Waals surface area contributed by atoms with Crippen molar-refractivity contribution >= 4 is 16.2 Å². The first-order valence-electron chi connectivity index (χ1n) is 8.39. The standard InChI is InChI=1S/C19H21NO5S/c1-14-7-9-18(10-8-14)26(22,23)25-17-11-16(12-17)20-19(21)24-13-15-5-3-2-4-6-15/h2-10,16-17H,11-13H2,1H3,(H,20,21). The van der Waals surface area contributed by atoms with Crippen LogP contribution in [0, 0.1) is 6.92 Å². The zero-order valence-corrected chi connectivity index (χ0v) is 15.2. The molecule has 0 atom stereocenters. The fraction of sp³-hybridized carbons (Fsp3) is 0.316. The molecule has 7 heteroatoms. The van der Waals surface area contributed by atoms with Crippen LogP contribution in [-0.2, 0) is 25.6 Å². The Labute approximate surface area is 153 Å². The molecule has 0 aliphatic heterocycles. The van der Waals surface area contributed by atoms with Gasteiger partial charge in [0, 0.05) is 6.04 Å². The molecule has 0 radical (unpaired) electrons. The highest BCUT2D eigenvalue weighted by Crippen LogP contribution is 2.27. The molecule has 0 aromatic heterocycles. The molecule has 0 spiro atoms. The molecule has 0 saturated heterocycles. The average molecular weight is 375 g/mol. The van der Waals surface area contributed by atoms with E-state index >= 15 is 0 Å². The zero-order chi connectivity index (χ0) is 18.6. The summed E-state index contributed by atoms with van der Waals surface area (Å²) in [6, 6.07) is 15.7. The third kappa shape index (κ3) is 4.83. The van der Waals surface area contributed by atoms with Crippen molar-refractivity contribution in [2.24, 2.45) is 0 Å². The fourth-order valence-corrected chi connectivity index (χ4v) is 3.73. The second-order valence-electron chi connectivity index (χ2n) is 6.36. The lowest BCUT2D eigenvalue weighted by Gasteiger charge is -2.34. The number of nitrogens with one attached hydrogen (secondary N) is 1. The summed E-state index contributed by atoms with van der Waals surface area (Å²) in [5.41, 5.74) is 1.88. The van der Waals surface area contributed by atoms with Crippen LogP contribution in [0.3, 0.4) is 0 Å². The van der Waals surface area contributed by atoms with Crippen LogP contribution in [0.4, 0.5) is 4.79 Å². The lowest BCUT2D eigenvalue weighted by atomic mass is 9.90. The molecule has 1 fully saturated rings. The first-order valence-corrected chi connectivity index (χ1v) is 9.80. The number of carbonyl (C=O) groups excluding carboxylic acids is 1. The Morgan fingerprint density at radius 2 is 1.73 bits per heavy atom. The van der Waals surface area contributed by atoms with Crippen molar-refractivity contribution in [3.8, 4) is 0 Å². The number of amides is 1. The van der Waals surface area contributed by atoms with E-state index in [-0.39, 0.29) is 17.5 Å². The molecular weight excluding hydrogens is 354 g/mol. The van der Waals surface area contributed by atoms with E-state index in [0.717, 1.165) is 11.1 Å². The number of rotatable bonds is 6.